The minimum Gasteiger partial charge on any atom is -0.497 e. The molecule has 31 heavy (non-hydrogen) atoms. The molecule has 5 heteroatoms. The van der Waals surface area contributed by atoms with E-state index in [0.717, 1.165) is 29.8 Å². The van der Waals surface area contributed by atoms with Crippen molar-refractivity contribution >= 4 is 11.7 Å². The number of hydrogen-bond donors (Lipinski definition) is 2. The molecule has 0 fully saturated rings. The monoisotopic (exact) mass is 409 g/mol. The molecule has 3 aromatic carbocycles. The van der Waals surface area contributed by atoms with Crippen LogP contribution in [0.4, 0.5) is 5.82 Å². The summed E-state index contributed by atoms with van der Waals surface area (Å²) >= 11 is 0. The second-order valence-electron chi connectivity index (χ2n) is 7.84. The third-order valence-corrected chi connectivity index (χ3v) is 5.85. The fourth-order valence-electron chi connectivity index (χ4n) is 4.15. The highest BCUT2D eigenvalue weighted by molar-refractivity contribution is 5.93. The number of rotatable bonds is 5. The number of H-pyrrole nitrogens is 1. The maximum absolute atomic E-state index is 12.9. The molecule has 1 aromatic heterocycles. The van der Waals surface area contributed by atoms with Crippen molar-refractivity contribution in [3.05, 3.63) is 90.0 Å². The summed E-state index contributed by atoms with van der Waals surface area (Å²) in [5.74, 6) is 1.26. The van der Waals surface area contributed by atoms with Crippen molar-refractivity contribution in [2.24, 2.45) is 5.92 Å². The third kappa shape index (κ3) is 3.94. The minimum absolute atomic E-state index is 0.00485. The van der Waals surface area contributed by atoms with Crippen LogP contribution in [0, 0.1) is 5.92 Å². The summed E-state index contributed by atoms with van der Waals surface area (Å²) in [5, 5.41) is 10.2. The van der Waals surface area contributed by atoms with Crippen LogP contribution in [0.3, 0.4) is 0 Å². The van der Waals surface area contributed by atoms with Crippen molar-refractivity contribution in [2.75, 3.05) is 12.4 Å². The van der Waals surface area contributed by atoms with Gasteiger partial charge in [0.1, 0.15) is 5.75 Å². The molecule has 4 aromatic rings. The van der Waals surface area contributed by atoms with Gasteiger partial charge in [-0.15, -0.1) is 0 Å². The normalized spacial score (nSPS) is 14.8. The van der Waals surface area contributed by atoms with Gasteiger partial charge in [0, 0.05) is 12.0 Å². The fraction of sp³-hybridized carbons (Fsp3) is 0.154. The number of nitrogens with zero attached hydrogens (tertiary/aromatic N) is 1. The molecule has 1 unspecified atom stereocenters. The first-order valence-electron chi connectivity index (χ1n) is 10.4. The van der Waals surface area contributed by atoms with Crippen LogP contribution in [0.25, 0.3) is 22.4 Å². The van der Waals surface area contributed by atoms with Gasteiger partial charge in [0.25, 0.3) is 0 Å². The highest BCUT2D eigenvalue weighted by Crippen LogP contribution is 2.32. The predicted octanol–water partition coefficient (Wildman–Crippen LogP) is 5.11. The molecule has 1 aliphatic rings. The van der Waals surface area contributed by atoms with E-state index in [-0.39, 0.29) is 11.8 Å². The number of hydrogen-bond acceptors (Lipinski definition) is 3. The van der Waals surface area contributed by atoms with E-state index >= 15 is 0 Å². The van der Waals surface area contributed by atoms with Crippen LogP contribution < -0.4 is 10.1 Å². The molecule has 0 saturated carbocycles. The van der Waals surface area contributed by atoms with E-state index in [1.54, 1.807) is 7.11 Å². The third-order valence-electron chi connectivity index (χ3n) is 5.85. The Kier molecular flexibility index (Phi) is 5.00. The second-order valence-corrected chi connectivity index (χ2v) is 7.84. The highest BCUT2D eigenvalue weighted by atomic mass is 16.5. The molecule has 1 aliphatic carbocycles. The Morgan fingerprint density at radius 1 is 0.903 bits per heavy atom. The summed E-state index contributed by atoms with van der Waals surface area (Å²) in [6, 6.07) is 26.4. The van der Waals surface area contributed by atoms with Crippen molar-refractivity contribution in [1.82, 2.24) is 10.2 Å². The molecule has 154 valence electrons. The number of methoxy groups -OCH3 is 1. The minimum atomic E-state index is -0.0813. The van der Waals surface area contributed by atoms with Crippen molar-refractivity contribution in [2.45, 2.75) is 12.8 Å². The molecule has 2 N–H and O–H groups in total. The first-order chi connectivity index (χ1) is 15.2. The number of amides is 1. The lowest BCUT2D eigenvalue weighted by Gasteiger charge is -2.07. The lowest BCUT2D eigenvalue weighted by molar-refractivity contribution is -0.119. The SMILES string of the molecule is COc1ccc(-c2cc(NC(=O)C3Cc4ccc(-c5ccccc5)cc4C3)n[nH]2)cc1. The average Bonchev–Trinajstić information content (AvgIpc) is 3.46. The van der Waals surface area contributed by atoms with Gasteiger partial charge < -0.3 is 10.1 Å². The topological polar surface area (TPSA) is 67.0 Å². The van der Waals surface area contributed by atoms with Crippen LogP contribution in [-0.2, 0) is 17.6 Å². The molecule has 5 rings (SSSR count). The molecular formula is C26H23N3O2. The molecule has 1 amide bonds. The van der Waals surface area contributed by atoms with E-state index in [1.807, 2.05) is 48.5 Å². The highest BCUT2D eigenvalue weighted by Gasteiger charge is 2.28. The van der Waals surface area contributed by atoms with Crippen molar-refractivity contribution < 1.29 is 9.53 Å². The number of nitrogens with one attached hydrogen (secondary N) is 2. The van der Waals surface area contributed by atoms with Crippen LogP contribution >= 0.6 is 0 Å². The van der Waals surface area contributed by atoms with Gasteiger partial charge >= 0.3 is 0 Å². The number of anilines is 1. The number of aromatic amines is 1. The Morgan fingerprint density at radius 3 is 2.42 bits per heavy atom. The zero-order valence-electron chi connectivity index (χ0n) is 17.3. The number of ether oxygens (including phenoxy) is 1. The van der Waals surface area contributed by atoms with Crippen LogP contribution in [0.5, 0.6) is 5.75 Å². The van der Waals surface area contributed by atoms with Gasteiger partial charge in [-0.2, -0.15) is 5.10 Å². The lowest BCUT2D eigenvalue weighted by atomic mass is 10.0. The number of benzene rings is 3. The molecule has 5 nitrogen and oxygen atoms in total. The number of carbonyl (C=O) groups is 1. The predicted molar refractivity (Wildman–Crippen MR) is 122 cm³/mol. The molecule has 0 aliphatic heterocycles. The smallest absolute Gasteiger partial charge is 0.229 e. The Morgan fingerprint density at radius 2 is 1.65 bits per heavy atom. The summed E-state index contributed by atoms with van der Waals surface area (Å²) in [4.78, 5) is 12.9. The number of carbonyl (C=O) groups excluding carboxylic acids is 1. The molecular weight excluding hydrogens is 386 g/mol. The molecule has 0 saturated heterocycles. The van der Waals surface area contributed by atoms with Gasteiger partial charge in [0.05, 0.1) is 12.8 Å². The van der Waals surface area contributed by atoms with Gasteiger partial charge in [-0.25, -0.2) is 0 Å². The summed E-state index contributed by atoms with van der Waals surface area (Å²) in [6.07, 6.45) is 1.50. The standard InChI is InChI=1S/C26H23N3O2/c1-31-23-11-9-18(10-12-23)24-16-25(29-28-24)27-26(30)22-14-20-8-7-19(13-21(20)15-22)17-5-3-2-4-6-17/h2-13,16,22H,14-15H2,1H3,(H2,27,28,29,30). The van der Waals surface area contributed by atoms with E-state index in [0.29, 0.717) is 5.82 Å². The molecule has 1 heterocycles. The van der Waals surface area contributed by atoms with Crippen molar-refractivity contribution in [1.29, 1.82) is 0 Å². The van der Waals surface area contributed by atoms with Crippen LogP contribution in [0.15, 0.2) is 78.9 Å². The van der Waals surface area contributed by atoms with Gasteiger partial charge in [-0.05, 0) is 64.9 Å². The summed E-state index contributed by atoms with van der Waals surface area (Å²) < 4.78 is 5.20. The van der Waals surface area contributed by atoms with Crippen molar-refractivity contribution in [3.8, 4) is 28.1 Å². The summed E-state index contributed by atoms with van der Waals surface area (Å²) in [7, 11) is 1.64. The van der Waals surface area contributed by atoms with Gasteiger partial charge in [-0.3, -0.25) is 9.89 Å². The maximum atomic E-state index is 12.9. The molecule has 0 radical (unpaired) electrons. The second kappa shape index (κ2) is 8.11. The number of aromatic nitrogens is 2. The molecule has 1 atom stereocenters. The quantitative estimate of drug-likeness (QED) is 0.482. The van der Waals surface area contributed by atoms with Gasteiger partial charge in [0.2, 0.25) is 5.91 Å². The fourth-order valence-corrected chi connectivity index (χ4v) is 4.15. The Balaban J connectivity index is 1.26. The first kappa shape index (κ1) is 19.1. The molecule has 0 bridgehead atoms. The molecule has 0 spiro atoms. The average molecular weight is 409 g/mol. The van der Waals surface area contributed by atoms with Gasteiger partial charge in [0.15, 0.2) is 5.82 Å². The zero-order valence-corrected chi connectivity index (χ0v) is 17.3. The first-order valence-corrected chi connectivity index (χ1v) is 10.4. The lowest BCUT2D eigenvalue weighted by Crippen LogP contribution is -2.23. The van der Waals surface area contributed by atoms with E-state index < -0.39 is 0 Å². The summed E-state index contributed by atoms with van der Waals surface area (Å²) in [5.41, 5.74) is 6.72. The summed E-state index contributed by atoms with van der Waals surface area (Å²) in [6.45, 7) is 0. The maximum Gasteiger partial charge on any atom is 0.229 e. The Hall–Kier alpha value is -3.86. The van der Waals surface area contributed by atoms with E-state index in [1.165, 1.54) is 22.3 Å². The van der Waals surface area contributed by atoms with Crippen LogP contribution in [-0.4, -0.2) is 23.2 Å². The van der Waals surface area contributed by atoms with Crippen LogP contribution in [0.2, 0.25) is 0 Å². The van der Waals surface area contributed by atoms with E-state index in [2.05, 4.69) is 45.8 Å². The van der Waals surface area contributed by atoms with Crippen LogP contribution in [0.1, 0.15) is 11.1 Å². The Labute approximate surface area is 181 Å². The van der Waals surface area contributed by atoms with E-state index in [9.17, 15) is 4.79 Å². The van der Waals surface area contributed by atoms with Gasteiger partial charge in [-0.1, -0.05) is 48.5 Å². The zero-order chi connectivity index (χ0) is 21.2. The van der Waals surface area contributed by atoms with E-state index in [4.69, 9.17) is 4.74 Å². The Bertz CT molecular complexity index is 1210. The van der Waals surface area contributed by atoms with Crippen molar-refractivity contribution in [3.63, 3.8) is 0 Å². The largest absolute Gasteiger partial charge is 0.497 e. The number of fused-ring (bicyclic) bond motifs is 1.